The summed E-state index contributed by atoms with van der Waals surface area (Å²) in [6, 6.07) is 17.1. The Balaban J connectivity index is 1.49. The molecule has 0 saturated carbocycles. The second kappa shape index (κ2) is 7.17. The van der Waals surface area contributed by atoms with Crippen LogP contribution in [0.5, 0.6) is 0 Å². The number of rotatable bonds is 5. The van der Waals surface area contributed by atoms with Gasteiger partial charge in [0.1, 0.15) is 0 Å². The Morgan fingerprint density at radius 3 is 2.59 bits per heavy atom. The Labute approximate surface area is 159 Å². The monoisotopic (exact) mass is 382 g/mol. The zero-order valence-electron chi connectivity index (χ0n) is 15.1. The van der Waals surface area contributed by atoms with Crippen molar-refractivity contribution < 1.29 is 8.42 Å². The van der Waals surface area contributed by atoms with Gasteiger partial charge in [-0.05, 0) is 31.0 Å². The van der Waals surface area contributed by atoms with E-state index in [0.717, 1.165) is 42.9 Å². The lowest BCUT2D eigenvalue weighted by Gasteiger charge is -2.26. The Morgan fingerprint density at radius 2 is 1.85 bits per heavy atom. The standard InChI is InChI=1S/C20H22N4O2S/c1-15-7-9-17(10-8-15)27(25,26)23-20-18-11-12-24(14-19(18)21-22-20)13-16-5-3-2-4-6-16/h2-10H,11-14H2,1H3,(H2,21,22,23). The van der Waals surface area contributed by atoms with Crippen LogP contribution < -0.4 is 4.72 Å². The van der Waals surface area contributed by atoms with Gasteiger partial charge >= 0.3 is 0 Å². The summed E-state index contributed by atoms with van der Waals surface area (Å²) in [6.07, 6.45) is 0.754. The number of nitrogens with zero attached hydrogens (tertiary/aromatic N) is 2. The van der Waals surface area contributed by atoms with Crippen LogP contribution in [-0.2, 0) is 29.5 Å². The number of fused-ring (bicyclic) bond motifs is 1. The molecule has 3 aromatic rings. The van der Waals surface area contributed by atoms with Crippen LogP contribution in [0, 0.1) is 6.92 Å². The van der Waals surface area contributed by atoms with Crippen LogP contribution in [0.4, 0.5) is 5.82 Å². The van der Waals surface area contributed by atoms with E-state index in [1.165, 1.54) is 5.56 Å². The maximum absolute atomic E-state index is 12.6. The molecule has 0 radical (unpaired) electrons. The first-order valence-electron chi connectivity index (χ1n) is 8.93. The molecule has 0 bridgehead atoms. The quantitative estimate of drug-likeness (QED) is 0.711. The third-order valence-corrected chi connectivity index (χ3v) is 6.18. The number of hydrogen-bond acceptors (Lipinski definition) is 4. The van der Waals surface area contributed by atoms with Crippen molar-refractivity contribution in [2.75, 3.05) is 11.3 Å². The van der Waals surface area contributed by atoms with Crippen molar-refractivity contribution in [3.05, 3.63) is 77.0 Å². The van der Waals surface area contributed by atoms with Gasteiger partial charge < -0.3 is 0 Å². The number of benzene rings is 2. The number of H-pyrrole nitrogens is 1. The molecule has 1 aliphatic rings. The number of sulfonamides is 1. The molecule has 1 aliphatic heterocycles. The predicted octanol–water partition coefficient (Wildman–Crippen LogP) is 3.08. The van der Waals surface area contributed by atoms with Crippen LogP contribution in [0.3, 0.4) is 0 Å². The smallest absolute Gasteiger partial charge is 0.263 e. The van der Waals surface area contributed by atoms with Crippen molar-refractivity contribution in [2.24, 2.45) is 0 Å². The van der Waals surface area contributed by atoms with E-state index in [4.69, 9.17) is 0 Å². The second-order valence-electron chi connectivity index (χ2n) is 6.89. The predicted molar refractivity (Wildman–Crippen MR) is 105 cm³/mol. The minimum absolute atomic E-state index is 0.242. The molecule has 0 amide bonds. The molecule has 4 rings (SSSR count). The summed E-state index contributed by atoms with van der Waals surface area (Å²) in [5, 5.41) is 7.23. The lowest BCUT2D eigenvalue weighted by Crippen LogP contribution is -2.30. The minimum Gasteiger partial charge on any atom is -0.293 e. The summed E-state index contributed by atoms with van der Waals surface area (Å²) in [5.74, 6) is 0.407. The van der Waals surface area contributed by atoms with Crippen LogP contribution >= 0.6 is 0 Å². The van der Waals surface area contributed by atoms with Gasteiger partial charge in [0, 0.05) is 25.2 Å². The van der Waals surface area contributed by atoms with Crippen molar-refractivity contribution in [1.29, 1.82) is 0 Å². The molecule has 0 fully saturated rings. The fraction of sp³-hybridized carbons (Fsp3) is 0.250. The van der Waals surface area contributed by atoms with Crippen LogP contribution in [0.25, 0.3) is 0 Å². The number of hydrogen-bond donors (Lipinski definition) is 2. The third-order valence-electron chi connectivity index (χ3n) is 4.82. The minimum atomic E-state index is -3.64. The highest BCUT2D eigenvalue weighted by atomic mass is 32.2. The zero-order chi connectivity index (χ0) is 18.9. The first-order chi connectivity index (χ1) is 13.0. The van der Waals surface area contributed by atoms with E-state index in [2.05, 4.69) is 32.0 Å². The van der Waals surface area contributed by atoms with Crippen LogP contribution in [0.1, 0.15) is 22.4 Å². The maximum atomic E-state index is 12.6. The van der Waals surface area contributed by atoms with Gasteiger partial charge in [0.05, 0.1) is 10.6 Å². The Morgan fingerprint density at radius 1 is 1.11 bits per heavy atom. The summed E-state index contributed by atoms with van der Waals surface area (Å²) in [5.41, 5.74) is 4.21. The molecule has 0 aliphatic carbocycles. The molecule has 7 heteroatoms. The van der Waals surface area contributed by atoms with Crippen molar-refractivity contribution in [1.82, 2.24) is 15.1 Å². The van der Waals surface area contributed by atoms with Gasteiger partial charge in [-0.3, -0.25) is 14.7 Å². The summed E-state index contributed by atoms with van der Waals surface area (Å²) in [6.45, 7) is 4.38. The average molecular weight is 382 g/mol. The van der Waals surface area contributed by atoms with Gasteiger partial charge in [-0.25, -0.2) is 8.42 Å². The molecule has 2 N–H and O–H groups in total. The van der Waals surface area contributed by atoms with E-state index in [1.807, 2.05) is 25.1 Å². The van der Waals surface area contributed by atoms with E-state index in [0.29, 0.717) is 5.82 Å². The molecular formula is C20H22N4O2S. The molecule has 0 saturated heterocycles. The van der Waals surface area contributed by atoms with Crippen LogP contribution in [0.2, 0.25) is 0 Å². The summed E-state index contributed by atoms with van der Waals surface area (Å²) in [7, 11) is -3.64. The van der Waals surface area contributed by atoms with E-state index in [-0.39, 0.29) is 4.90 Å². The molecule has 1 aromatic heterocycles. The van der Waals surface area contributed by atoms with Gasteiger partial charge in [0.25, 0.3) is 10.0 Å². The molecule has 0 unspecified atom stereocenters. The van der Waals surface area contributed by atoms with E-state index in [1.54, 1.807) is 24.3 Å². The van der Waals surface area contributed by atoms with Crippen molar-refractivity contribution in [2.45, 2.75) is 31.3 Å². The molecule has 2 heterocycles. The molecule has 140 valence electrons. The summed E-state index contributed by atoms with van der Waals surface area (Å²) >= 11 is 0. The third kappa shape index (κ3) is 3.89. The van der Waals surface area contributed by atoms with E-state index in [9.17, 15) is 8.42 Å². The lowest BCUT2D eigenvalue weighted by molar-refractivity contribution is 0.242. The summed E-state index contributed by atoms with van der Waals surface area (Å²) in [4.78, 5) is 2.57. The van der Waals surface area contributed by atoms with Gasteiger partial charge in [-0.2, -0.15) is 5.10 Å². The van der Waals surface area contributed by atoms with E-state index < -0.39 is 10.0 Å². The average Bonchev–Trinajstić information content (AvgIpc) is 3.04. The lowest BCUT2D eigenvalue weighted by atomic mass is 10.1. The normalized spacial score (nSPS) is 14.7. The molecule has 2 aromatic carbocycles. The van der Waals surface area contributed by atoms with Crippen LogP contribution in [-0.4, -0.2) is 30.1 Å². The zero-order valence-corrected chi connectivity index (χ0v) is 16.0. The Bertz CT molecular complexity index is 1030. The highest BCUT2D eigenvalue weighted by Crippen LogP contribution is 2.26. The molecule has 0 spiro atoms. The topological polar surface area (TPSA) is 78.1 Å². The molecule has 27 heavy (non-hydrogen) atoms. The number of aromatic amines is 1. The van der Waals surface area contributed by atoms with Crippen LogP contribution in [0.15, 0.2) is 59.5 Å². The van der Waals surface area contributed by atoms with Crippen molar-refractivity contribution in [3.63, 3.8) is 0 Å². The number of nitrogens with one attached hydrogen (secondary N) is 2. The van der Waals surface area contributed by atoms with Gasteiger partial charge in [0.15, 0.2) is 5.82 Å². The molecule has 0 atom stereocenters. The van der Waals surface area contributed by atoms with Crippen molar-refractivity contribution >= 4 is 15.8 Å². The Hall–Kier alpha value is -2.64. The van der Waals surface area contributed by atoms with Crippen molar-refractivity contribution in [3.8, 4) is 0 Å². The highest BCUT2D eigenvalue weighted by molar-refractivity contribution is 7.92. The first kappa shape index (κ1) is 17.8. The molecular weight excluding hydrogens is 360 g/mol. The number of aryl methyl sites for hydroxylation is 1. The Kier molecular flexibility index (Phi) is 4.72. The molecule has 6 nitrogen and oxygen atoms in total. The second-order valence-corrected chi connectivity index (χ2v) is 8.58. The van der Waals surface area contributed by atoms with E-state index >= 15 is 0 Å². The largest absolute Gasteiger partial charge is 0.293 e. The van der Waals surface area contributed by atoms with Gasteiger partial charge in [-0.15, -0.1) is 0 Å². The highest BCUT2D eigenvalue weighted by Gasteiger charge is 2.25. The maximum Gasteiger partial charge on any atom is 0.263 e. The SMILES string of the molecule is Cc1ccc(S(=O)(=O)Nc2n[nH]c3c2CCN(Cc2ccccc2)C3)cc1. The van der Waals surface area contributed by atoms with Gasteiger partial charge in [0.2, 0.25) is 0 Å². The summed E-state index contributed by atoms with van der Waals surface area (Å²) < 4.78 is 27.9. The fourth-order valence-electron chi connectivity index (χ4n) is 3.34. The fourth-order valence-corrected chi connectivity index (χ4v) is 4.37. The van der Waals surface area contributed by atoms with Gasteiger partial charge in [-0.1, -0.05) is 48.0 Å². The number of aromatic nitrogens is 2. The number of anilines is 1. The first-order valence-corrected chi connectivity index (χ1v) is 10.4.